The van der Waals surface area contributed by atoms with Gasteiger partial charge in [-0.2, -0.15) is 0 Å². The standard InChI is InChI=1S/C38H46N2O2/c1-35-19-36(2)22-37(20-35,29-13-15-33(41-25-39)31(17-29)27-9-5-3-6-10-27)24-38(21-35,23-36)30-14-16-34(42-26-40)32(18-30)28-11-7-4-8-12-28/h13-18,27-28H,3-12,19-24H2,1-2H3. The van der Waals surface area contributed by atoms with Gasteiger partial charge < -0.3 is 9.47 Å². The van der Waals surface area contributed by atoms with Crippen LogP contribution in [0.2, 0.25) is 0 Å². The third kappa shape index (κ3) is 4.71. The Morgan fingerprint density at radius 3 is 1.36 bits per heavy atom. The van der Waals surface area contributed by atoms with Gasteiger partial charge in [0.15, 0.2) is 0 Å². The third-order valence-electron chi connectivity index (χ3n) is 12.2. The summed E-state index contributed by atoms with van der Waals surface area (Å²) in [6.45, 7) is 5.13. The lowest BCUT2D eigenvalue weighted by molar-refractivity contribution is -0.126. The Bertz CT molecular complexity index is 1310. The lowest BCUT2D eigenvalue weighted by atomic mass is 9.34. The van der Waals surface area contributed by atoms with Crippen molar-refractivity contribution in [2.45, 2.75) is 139 Å². The minimum absolute atomic E-state index is 0.125. The summed E-state index contributed by atoms with van der Waals surface area (Å²) in [5, 5.41) is 18.9. The Morgan fingerprint density at radius 2 is 0.976 bits per heavy atom. The average molecular weight is 563 g/mol. The minimum atomic E-state index is 0.125. The lowest BCUT2D eigenvalue weighted by Gasteiger charge is -2.70. The molecule has 0 aromatic heterocycles. The zero-order valence-corrected chi connectivity index (χ0v) is 25.6. The number of benzene rings is 2. The van der Waals surface area contributed by atoms with Crippen LogP contribution in [-0.4, -0.2) is 0 Å². The van der Waals surface area contributed by atoms with E-state index in [1.54, 1.807) is 0 Å². The summed E-state index contributed by atoms with van der Waals surface area (Å²) in [5.41, 5.74) is 6.33. The molecule has 6 saturated carbocycles. The van der Waals surface area contributed by atoms with Crippen molar-refractivity contribution in [3.8, 4) is 24.0 Å². The van der Waals surface area contributed by atoms with Gasteiger partial charge in [-0.3, -0.25) is 0 Å². The summed E-state index contributed by atoms with van der Waals surface area (Å²) in [4.78, 5) is 0. The summed E-state index contributed by atoms with van der Waals surface area (Å²) in [6, 6.07) is 13.8. The van der Waals surface area contributed by atoms with E-state index in [1.807, 2.05) is 12.5 Å². The molecule has 6 fully saturated rings. The van der Waals surface area contributed by atoms with Crippen molar-refractivity contribution in [3.05, 3.63) is 58.7 Å². The zero-order chi connectivity index (χ0) is 29.0. The highest BCUT2D eigenvalue weighted by molar-refractivity contribution is 5.49. The molecule has 0 atom stereocenters. The van der Waals surface area contributed by atoms with Crippen molar-refractivity contribution in [1.29, 1.82) is 10.5 Å². The van der Waals surface area contributed by atoms with Gasteiger partial charge in [0.05, 0.1) is 0 Å². The summed E-state index contributed by atoms with van der Waals surface area (Å²) < 4.78 is 11.1. The lowest BCUT2D eigenvalue weighted by Crippen LogP contribution is -2.62. The fraction of sp³-hybridized carbons (Fsp3) is 0.632. The van der Waals surface area contributed by atoms with Crippen LogP contribution in [0.5, 0.6) is 11.5 Å². The Kier molecular flexibility index (Phi) is 6.85. The van der Waals surface area contributed by atoms with Crippen LogP contribution in [0.3, 0.4) is 0 Å². The first kappa shape index (κ1) is 27.8. The normalized spacial score (nSPS) is 34.5. The monoisotopic (exact) mass is 562 g/mol. The van der Waals surface area contributed by atoms with Gasteiger partial charge in [-0.1, -0.05) is 76.6 Å². The highest BCUT2D eigenvalue weighted by atomic mass is 16.5. The van der Waals surface area contributed by atoms with E-state index in [-0.39, 0.29) is 10.8 Å². The quantitative estimate of drug-likeness (QED) is 0.329. The first-order valence-electron chi connectivity index (χ1n) is 16.7. The number of ether oxygens (including phenoxy) is 2. The van der Waals surface area contributed by atoms with Crippen molar-refractivity contribution in [2.75, 3.05) is 0 Å². The molecule has 2 aromatic carbocycles. The van der Waals surface area contributed by atoms with E-state index < -0.39 is 0 Å². The topological polar surface area (TPSA) is 66.0 Å². The van der Waals surface area contributed by atoms with E-state index in [0.717, 1.165) is 11.5 Å². The van der Waals surface area contributed by atoms with Crippen LogP contribution in [0.4, 0.5) is 0 Å². The molecule has 6 aliphatic carbocycles. The Morgan fingerprint density at radius 1 is 0.571 bits per heavy atom. The van der Waals surface area contributed by atoms with Crippen molar-refractivity contribution >= 4 is 0 Å². The van der Waals surface area contributed by atoms with Crippen LogP contribution in [0.25, 0.3) is 0 Å². The SMILES string of the molecule is CC12CC3(C)CC(c4ccc(OC#N)c(C5CCCCC5)c4)(C1)CC(c1ccc(OC#N)c(C4CCCCC4)c1)(C2)C3. The number of nitrogens with zero attached hydrogens (tertiary/aromatic N) is 2. The second-order valence-electron chi connectivity index (χ2n) is 15.8. The van der Waals surface area contributed by atoms with Crippen LogP contribution >= 0.6 is 0 Å². The van der Waals surface area contributed by atoms with Gasteiger partial charge in [-0.25, -0.2) is 0 Å². The molecular formula is C38H46N2O2. The first-order chi connectivity index (χ1) is 20.3. The third-order valence-corrected chi connectivity index (χ3v) is 12.2. The van der Waals surface area contributed by atoms with Crippen LogP contribution in [0.1, 0.15) is 151 Å². The average Bonchev–Trinajstić information content (AvgIpc) is 2.97. The minimum Gasteiger partial charge on any atom is -0.388 e. The highest BCUT2D eigenvalue weighted by Gasteiger charge is 2.66. The molecule has 0 N–H and O–H groups in total. The molecule has 0 heterocycles. The number of rotatable bonds is 6. The Labute approximate surface area is 252 Å². The molecule has 0 aliphatic heterocycles. The fourth-order valence-corrected chi connectivity index (χ4v) is 11.8. The smallest absolute Gasteiger partial charge is 0.292 e. The van der Waals surface area contributed by atoms with Gasteiger partial charge in [0, 0.05) is 0 Å². The molecule has 0 radical (unpaired) electrons. The van der Waals surface area contributed by atoms with E-state index in [1.165, 1.54) is 125 Å². The molecule has 220 valence electrons. The highest BCUT2D eigenvalue weighted by Crippen LogP contribution is 2.74. The van der Waals surface area contributed by atoms with E-state index >= 15 is 0 Å². The number of hydrogen-bond donors (Lipinski definition) is 0. The molecule has 6 aliphatic rings. The molecule has 4 nitrogen and oxygen atoms in total. The molecule has 4 heteroatoms. The predicted octanol–water partition coefficient (Wildman–Crippen LogP) is 10.1. The molecule has 2 aromatic rings. The van der Waals surface area contributed by atoms with Gasteiger partial charge >= 0.3 is 0 Å². The number of hydrogen-bond acceptors (Lipinski definition) is 4. The first-order valence-corrected chi connectivity index (χ1v) is 16.7. The molecule has 0 saturated heterocycles. The molecule has 0 unspecified atom stereocenters. The predicted molar refractivity (Wildman–Crippen MR) is 164 cm³/mol. The Hall–Kier alpha value is -2.98. The van der Waals surface area contributed by atoms with Crippen molar-refractivity contribution in [3.63, 3.8) is 0 Å². The maximum atomic E-state index is 9.44. The largest absolute Gasteiger partial charge is 0.388 e. The summed E-state index contributed by atoms with van der Waals surface area (Å²) in [5.74, 6) is 2.52. The van der Waals surface area contributed by atoms with Crippen molar-refractivity contribution in [1.82, 2.24) is 0 Å². The second kappa shape index (κ2) is 10.3. The van der Waals surface area contributed by atoms with Gasteiger partial charge in [0.1, 0.15) is 11.5 Å². The van der Waals surface area contributed by atoms with E-state index in [9.17, 15) is 10.5 Å². The summed E-state index contributed by atoms with van der Waals surface area (Å²) >= 11 is 0. The van der Waals surface area contributed by atoms with E-state index in [2.05, 4.69) is 50.2 Å². The van der Waals surface area contributed by atoms with Crippen LogP contribution in [0.15, 0.2) is 36.4 Å². The molecule has 8 rings (SSSR count). The van der Waals surface area contributed by atoms with Crippen LogP contribution in [0, 0.1) is 33.9 Å². The molecule has 0 spiro atoms. The molecule has 4 bridgehead atoms. The summed E-state index contributed by atoms with van der Waals surface area (Å²) in [7, 11) is 0. The zero-order valence-electron chi connectivity index (χ0n) is 25.6. The molecule has 0 amide bonds. The molecule has 42 heavy (non-hydrogen) atoms. The van der Waals surface area contributed by atoms with Gasteiger partial charge in [0.25, 0.3) is 12.5 Å². The van der Waals surface area contributed by atoms with Crippen molar-refractivity contribution in [2.24, 2.45) is 10.8 Å². The fourth-order valence-electron chi connectivity index (χ4n) is 11.8. The number of nitriles is 2. The van der Waals surface area contributed by atoms with Gasteiger partial charge in [-0.05, 0) is 132 Å². The second-order valence-corrected chi connectivity index (χ2v) is 15.8. The van der Waals surface area contributed by atoms with Crippen LogP contribution in [-0.2, 0) is 10.8 Å². The Balaban J connectivity index is 1.32. The maximum absolute atomic E-state index is 9.44. The van der Waals surface area contributed by atoms with E-state index in [4.69, 9.17) is 9.47 Å². The molecular weight excluding hydrogens is 516 g/mol. The summed E-state index contributed by atoms with van der Waals surface area (Å²) in [6.07, 6.45) is 23.9. The van der Waals surface area contributed by atoms with Crippen molar-refractivity contribution < 1.29 is 9.47 Å². The van der Waals surface area contributed by atoms with E-state index in [0.29, 0.717) is 22.7 Å². The van der Waals surface area contributed by atoms with Crippen LogP contribution < -0.4 is 9.47 Å². The van der Waals surface area contributed by atoms with Gasteiger partial charge in [0.2, 0.25) is 0 Å². The van der Waals surface area contributed by atoms with Gasteiger partial charge in [-0.15, -0.1) is 10.5 Å². The maximum Gasteiger partial charge on any atom is 0.292 e.